The van der Waals surface area contributed by atoms with Crippen molar-refractivity contribution in [3.05, 3.63) is 126 Å². The van der Waals surface area contributed by atoms with E-state index in [0.717, 1.165) is 37.1 Å². The molecule has 1 heterocycles. The number of amides is 2. The van der Waals surface area contributed by atoms with Gasteiger partial charge in [-0.1, -0.05) is 91.0 Å². The van der Waals surface area contributed by atoms with Gasteiger partial charge in [0.05, 0.1) is 0 Å². The predicted molar refractivity (Wildman–Crippen MR) is 168 cm³/mol. The van der Waals surface area contributed by atoms with E-state index in [-0.39, 0.29) is 11.8 Å². The normalized spacial score (nSPS) is 19.5. The van der Waals surface area contributed by atoms with Gasteiger partial charge in [-0.05, 0) is 73.3 Å². The fourth-order valence-corrected chi connectivity index (χ4v) is 5.92. The summed E-state index contributed by atoms with van der Waals surface area (Å²) in [5.41, 5.74) is 4.81. The van der Waals surface area contributed by atoms with Crippen molar-refractivity contribution in [1.29, 1.82) is 0 Å². The van der Waals surface area contributed by atoms with Crippen molar-refractivity contribution in [1.82, 2.24) is 15.5 Å². The summed E-state index contributed by atoms with van der Waals surface area (Å²) in [6.07, 6.45) is 3.25. The molecule has 1 aliphatic heterocycles. The van der Waals surface area contributed by atoms with Crippen LogP contribution in [-0.4, -0.2) is 54.5 Å². The highest BCUT2D eigenvalue weighted by Crippen LogP contribution is 2.41. The zero-order valence-electron chi connectivity index (χ0n) is 23.8. The second-order valence-corrected chi connectivity index (χ2v) is 11.4. The van der Waals surface area contributed by atoms with Crippen LogP contribution in [0.15, 0.2) is 115 Å². The molecule has 0 aromatic heterocycles. The van der Waals surface area contributed by atoms with Crippen molar-refractivity contribution < 1.29 is 9.59 Å². The number of benzene rings is 4. The van der Waals surface area contributed by atoms with Gasteiger partial charge in [0.25, 0.3) is 5.91 Å². The molecule has 2 aliphatic rings. The second-order valence-electron chi connectivity index (χ2n) is 11.4. The quantitative estimate of drug-likeness (QED) is 0.234. The number of piperidine rings is 1. The Morgan fingerprint density at radius 1 is 0.738 bits per heavy atom. The van der Waals surface area contributed by atoms with E-state index >= 15 is 0 Å². The largest absolute Gasteiger partial charge is 0.339 e. The first-order chi connectivity index (χ1) is 20.6. The van der Waals surface area contributed by atoms with Crippen molar-refractivity contribution in [2.24, 2.45) is 0 Å². The summed E-state index contributed by atoms with van der Waals surface area (Å²) in [5.74, 6) is 0.159. The highest BCUT2D eigenvalue weighted by molar-refractivity contribution is 6.01. The topological polar surface area (TPSA) is 73.5 Å². The summed E-state index contributed by atoms with van der Waals surface area (Å²) in [6.45, 7) is 2.24. The lowest BCUT2D eigenvalue weighted by molar-refractivity contribution is -0.118. The average molecular weight is 559 g/mol. The van der Waals surface area contributed by atoms with Crippen molar-refractivity contribution in [2.45, 2.75) is 43.3 Å². The maximum absolute atomic E-state index is 13.4. The average Bonchev–Trinajstić information content (AvgIpc) is 3.82. The molecule has 3 N–H and O–H groups in total. The molecule has 214 valence electrons. The molecule has 4 aromatic carbocycles. The minimum absolute atomic E-state index is 0.209. The van der Waals surface area contributed by atoms with E-state index in [2.05, 4.69) is 51.2 Å². The lowest BCUT2D eigenvalue weighted by Crippen LogP contribution is -2.53. The monoisotopic (exact) mass is 558 g/mol. The molecule has 6 nitrogen and oxygen atoms in total. The molecular formula is C36H38N4O2. The van der Waals surface area contributed by atoms with E-state index in [1.807, 2.05) is 84.9 Å². The molecule has 0 unspecified atom stereocenters. The molecule has 6 heteroatoms. The fraction of sp³-hybridized carbons (Fsp3) is 0.278. The van der Waals surface area contributed by atoms with E-state index in [0.29, 0.717) is 35.8 Å². The van der Waals surface area contributed by atoms with E-state index in [1.54, 1.807) is 0 Å². The number of nitrogens with zero attached hydrogens (tertiary/aromatic N) is 1. The Hall–Kier alpha value is -4.26. The first kappa shape index (κ1) is 27.9. The minimum Gasteiger partial charge on any atom is -0.339 e. The predicted octanol–water partition coefficient (Wildman–Crippen LogP) is 5.70. The molecular weight excluding hydrogens is 520 g/mol. The number of likely N-dealkylation sites (tertiary alicyclic amines) is 1. The Balaban J connectivity index is 1.06. The number of hydrogen-bond acceptors (Lipinski definition) is 4. The Kier molecular flexibility index (Phi) is 8.73. The Morgan fingerprint density at radius 2 is 1.33 bits per heavy atom. The SMILES string of the molecule is O=C(N[C@@H](CN1CCC(N[C@@H]2C[C@H]2c2ccccc2)CC1)C(=O)Nc1ccccc1)c1ccc(-c2ccccc2)cc1. The van der Waals surface area contributed by atoms with Gasteiger partial charge in [0.1, 0.15) is 6.04 Å². The number of carbonyl (C=O) groups excluding carboxylic acids is 2. The maximum atomic E-state index is 13.4. The van der Waals surface area contributed by atoms with E-state index in [4.69, 9.17) is 0 Å². The first-order valence-electron chi connectivity index (χ1n) is 15.0. The number of carbonyl (C=O) groups is 2. The lowest BCUT2D eigenvalue weighted by Gasteiger charge is -2.34. The number of anilines is 1. The molecule has 0 spiro atoms. The molecule has 1 aliphatic carbocycles. The van der Waals surface area contributed by atoms with Crippen LogP contribution >= 0.6 is 0 Å². The summed E-state index contributed by atoms with van der Waals surface area (Å²) in [7, 11) is 0. The van der Waals surface area contributed by atoms with Gasteiger partial charge in [-0.25, -0.2) is 0 Å². The van der Waals surface area contributed by atoms with Gasteiger partial charge in [-0.3, -0.25) is 9.59 Å². The van der Waals surface area contributed by atoms with Crippen LogP contribution in [0.3, 0.4) is 0 Å². The zero-order valence-corrected chi connectivity index (χ0v) is 23.8. The van der Waals surface area contributed by atoms with Gasteiger partial charge in [-0.2, -0.15) is 0 Å². The summed E-state index contributed by atoms with van der Waals surface area (Å²) < 4.78 is 0. The zero-order chi connectivity index (χ0) is 28.7. The minimum atomic E-state index is -0.679. The fourth-order valence-electron chi connectivity index (χ4n) is 5.92. The van der Waals surface area contributed by atoms with E-state index < -0.39 is 6.04 Å². The summed E-state index contributed by atoms with van der Waals surface area (Å²) in [4.78, 5) is 29.0. The van der Waals surface area contributed by atoms with Crippen molar-refractivity contribution in [3.63, 3.8) is 0 Å². The summed E-state index contributed by atoms with van der Waals surface area (Å²) in [5, 5.41) is 9.88. The molecule has 2 fully saturated rings. The van der Waals surface area contributed by atoms with Crippen LogP contribution in [0.5, 0.6) is 0 Å². The highest BCUT2D eigenvalue weighted by Gasteiger charge is 2.39. The highest BCUT2D eigenvalue weighted by atomic mass is 16.2. The van der Waals surface area contributed by atoms with Crippen LogP contribution in [0.1, 0.15) is 41.1 Å². The first-order valence-corrected chi connectivity index (χ1v) is 15.0. The Labute approximate surface area is 248 Å². The van der Waals surface area contributed by atoms with Crippen LogP contribution < -0.4 is 16.0 Å². The van der Waals surface area contributed by atoms with Crippen molar-refractivity contribution in [2.75, 3.05) is 25.0 Å². The summed E-state index contributed by atoms with van der Waals surface area (Å²) >= 11 is 0. The standard InChI is InChI=1S/C36H38N4O2/c41-35(29-18-16-27(17-19-29)26-10-4-1-5-11-26)39-34(36(42)38-30-14-8-3-9-15-30)25-40-22-20-31(21-23-40)37-33-24-32(33)28-12-6-2-7-13-28/h1-19,31-34,37H,20-25H2,(H,38,42)(H,39,41)/t32-,33+,34-/m0/s1. The number of rotatable bonds is 10. The van der Waals surface area contributed by atoms with Crippen LogP contribution in [0.2, 0.25) is 0 Å². The van der Waals surface area contributed by atoms with Gasteiger partial charge in [0.2, 0.25) is 5.91 Å². The molecule has 4 aromatic rings. The Bertz CT molecular complexity index is 1450. The van der Waals surface area contributed by atoms with Crippen LogP contribution in [0.25, 0.3) is 11.1 Å². The molecule has 6 rings (SSSR count). The summed E-state index contributed by atoms with van der Waals surface area (Å²) in [6, 6.07) is 38.1. The smallest absolute Gasteiger partial charge is 0.251 e. The number of para-hydroxylation sites is 1. The molecule has 42 heavy (non-hydrogen) atoms. The van der Waals surface area contributed by atoms with Gasteiger partial charge in [0.15, 0.2) is 0 Å². The number of hydrogen-bond donors (Lipinski definition) is 3. The van der Waals surface area contributed by atoms with Gasteiger partial charge < -0.3 is 20.9 Å². The maximum Gasteiger partial charge on any atom is 0.251 e. The van der Waals surface area contributed by atoms with Crippen LogP contribution in [0, 0.1) is 0 Å². The molecule has 0 radical (unpaired) electrons. The third-order valence-corrected chi connectivity index (χ3v) is 8.41. The third-order valence-electron chi connectivity index (χ3n) is 8.41. The number of nitrogens with one attached hydrogen (secondary N) is 3. The van der Waals surface area contributed by atoms with Crippen molar-refractivity contribution in [3.8, 4) is 11.1 Å². The van der Waals surface area contributed by atoms with Crippen molar-refractivity contribution >= 4 is 17.5 Å². The lowest BCUT2D eigenvalue weighted by atomic mass is 10.0. The van der Waals surface area contributed by atoms with Gasteiger partial charge >= 0.3 is 0 Å². The Morgan fingerprint density at radius 3 is 2.00 bits per heavy atom. The molecule has 2 amide bonds. The molecule has 3 atom stereocenters. The third kappa shape index (κ3) is 7.14. The molecule has 1 saturated heterocycles. The van der Waals surface area contributed by atoms with E-state index in [1.165, 1.54) is 12.0 Å². The van der Waals surface area contributed by atoms with Gasteiger partial charge in [-0.15, -0.1) is 0 Å². The molecule has 1 saturated carbocycles. The van der Waals surface area contributed by atoms with E-state index in [9.17, 15) is 9.59 Å². The van der Waals surface area contributed by atoms with Gasteiger partial charge in [0, 0.05) is 35.8 Å². The molecule has 0 bridgehead atoms. The second kappa shape index (κ2) is 13.1. The van der Waals surface area contributed by atoms with Crippen LogP contribution in [0.4, 0.5) is 5.69 Å². The van der Waals surface area contributed by atoms with Crippen LogP contribution in [-0.2, 0) is 4.79 Å².